The quantitative estimate of drug-likeness (QED) is 0.738. The Labute approximate surface area is 121 Å². The van der Waals surface area contributed by atoms with E-state index in [0.717, 1.165) is 9.35 Å². The van der Waals surface area contributed by atoms with E-state index in [2.05, 4.69) is 30.5 Å². The topological polar surface area (TPSA) is 93.8 Å². The number of rotatable bonds is 4. The molecule has 0 atom stereocenters. The number of hydrogen-bond acceptors (Lipinski definition) is 8. The number of carbonyl (C=O) groups excluding carboxylic acids is 1. The molecule has 0 radical (unpaired) electrons. The second-order valence-corrected chi connectivity index (χ2v) is 6.27. The largest absolute Gasteiger partial charge is 0.323 e. The third-order valence-electron chi connectivity index (χ3n) is 2.39. The molecule has 2 heterocycles. The molecule has 0 saturated heterocycles. The maximum Gasteiger partial charge on any atom is 0.234 e. The summed E-state index contributed by atoms with van der Waals surface area (Å²) in [4.78, 5) is 11.9. The first-order valence-electron chi connectivity index (χ1n) is 5.66. The van der Waals surface area contributed by atoms with Crippen LogP contribution < -0.4 is 5.32 Å². The van der Waals surface area contributed by atoms with E-state index in [1.807, 2.05) is 6.92 Å². The van der Waals surface area contributed by atoms with Crippen molar-refractivity contribution in [1.82, 2.24) is 20.5 Å². The van der Waals surface area contributed by atoms with E-state index in [1.165, 1.54) is 23.1 Å². The summed E-state index contributed by atoms with van der Waals surface area (Å²) in [5, 5.41) is 19.0. The average molecular weight is 307 g/mol. The van der Waals surface area contributed by atoms with Gasteiger partial charge in [-0.05, 0) is 29.4 Å². The molecule has 0 aliphatic heterocycles. The van der Waals surface area contributed by atoms with Gasteiger partial charge < -0.3 is 5.32 Å². The number of nitrogens with zero attached hydrogens (tertiary/aromatic N) is 4. The zero-order valence-electron chi connectivity index (χ0n) is 10.4. The molecule has 2 aromatic heterocycles. The number of aryl methyl sites for hydroxylation is 1. The molecule has 0 aliphatic rings. The Morgan fingerprint density at radius 1 is 1.40 bits per heavy atom. The second-order valence-electron chi connectivity index (χ2n) is 3.86. The molecule has 1 N–H and O–H groups in total. The highest BCUT2D eigenvalue weighted by atomic mass is 32.2. The Kier molecular flexibility index (Phi) is 3.61. The van der Waals surface area contributed by atoms with Crippen LogP contribution in [0.25, 0.3) is 11.0 Å². The van der Waals surface area contributed by atoms with Crippen molar-refractivity contribution in [3.63, 3.8) is 0 Å². The van der Waals surface area contributed by atoms with E-state index < -0.39 is 0 Å². The molecule has 1 aromatic carbocycles. The number of anilines is 1. The van der Waals surface area contributed by atoms with Gasteiger partial charge in [-0.3, -0.25) is 4.79 Å². The lowest BCUT2D eigenvalue weighted by atomic mass is 10.2. The SMILES string of the molecule is Cc1nnc(SCC(=O)Nc2cccc3nonc23)s1. The molecular formula is C11H9N5O2S2. The number of nitrogens with one attached hydrogen (secondary N) is 1. The van der Waals surface area contributed by atoms with Crippen molar-refractivity contribution in [2.75, 3.05) is 11.1 Å². The summed E-state index contributed by atoms with van der Waals surface area (Å²) in [6.07, 6.45) is 0. The van der Waals surface area contributed by atoms with Crippen LogP contribution in [0.5, 0.6) is 0 Å². The standard InChI is InChI=1S/C11H9N5O2S2/c1-6-13-14-11(20-6)19-5-9(17)12-7-3-2-4-8-10(7)16-18-15-8/h2-4H,5H2,1H3,(H,12,17). The van der Waals surface area contributed by atoms with Crippen LogP contribution in [0.1, 0.15) is 5.01 Å². The summed E-state index contributed by atoms with van der Waals surface area (Å²) < 4.78 is 5.42. The average Bonchev–Trinajstić information content (AvgIpc) is 3.05. The molecule has 102 valence electrons. The van der Waals surface area contributed by atoms with Crippen LogP contribution in [0.2, 0.25) is 0 Å². The lowest BCUT2D eigenvalue weighted by Crippen LogP contribution is -2.14. The van der Waals surface area contributed by atoms with E-state index in [1.54, 1.807) is 18.2 Å². The van der Waals surface area contributed by atoms with Crippen LogP contribution >= 0.6 is 23.1 Å². The highest BCUT2D eigenvalue weighted by molar-refractivity contribution is 8.01. The molecule has 9 heteroatoms. The van der Waals surface area contributed by atoms with Crippen LogP contribution in [0, 0.1) is 6.92 Å². The lowest BCUT2D eigenvalue weighted by molar-refractivity contribution is -0.113. The fourth-order valence-electron chi connectivity index (χ4n) is 1.56. The lowest BCUT2D eigenvalue weighted by Gasteiger charge is -2.03. The van der Waals surface area contributed by atoms with Crippen molar-refractivity contribution in [3.8, 4) is 0 Å². The summed E-state index contributed by atoms with van der Waals surface area (Å²) in [5.74, 6) is 0.120. The van der Waals surface area contributed by atoms with Gasteiger partial charge >= 0.3 is 0 Å². The van der Waals surface area contributed by atoms with Gasteiger partial charge in [0, 0.05) is 0 Å². The van der Waals surface area contributed by atoms with Crippen molar-refractivity contribution in [1.29, 1.82) is 0 Å². The summed E-state index contributed by atoms with van der Waals surface area (Å²) >= 11 is 2.81. The van der Waals surface area contributed by atoms with Crippen LogP contribution in [0.3, 0.4) is 0 Å². The molecule has 7 nitrogen and oxygen atoms in total. The Morgan fingerprint density at radius 2 is 2.30 bits per heavy atom. The molecule has 1 amide bonds. The van der Waals surface area contributed by atoms with E-state index in [9.17, 15) is 4.79 Å². The maximum absolute atomic E-state index is 11.9. The molecule has 0 fully saturated rings. The van der Waals surface area contributed by atoms with Gasteiger partial charge in [0.25, 0.3) is 0 Å². The molecule has 0 saturated carbocycles. The molecule has 3 aromatic rings. The van der Waals surface area contributed by atoms with E-state index in [-0.39, 0.29) is 11.7 Å². The third kappa shape index (κ3) is 2.78. The van der Waals surface area contributed by atoms with E-state index in [0.29, 0.717) is 16.7 Å². The molecule has 0 unspecified atom stereocenters. The zero-order chi connectivity index (χ0) is 13.9. The van der Waals surface area contributed by atoms with Crippen LogP contribution in [0.4, 0.5) is 5.69 Å². The van der Waals surface area contributed by atoms with Crippen molar-refractivity contribution in [2.45, 2.75) is 11.3 Å². The minimum atomic E-state index is -0.140. The first kappa shape index (κ1) is 13.0. The number of fused-ring (bicyclic) bond motifs is 1. The van der Waals surface area contributed by atoms with Gasteiger partial charge in [-0.25, -0.2) is 4.63 Å². The summed E-state index contributed by atoms with van der Waals surface area (Å²) in [6.45, 7) is 1.88. The highest BCUT2D eigenvalue weighted by Crippen LogP contribution is 2.23. The molecule has 20 heavy (non-hydrogen) atoms. The van der Waals surface area contributed by atoms with E-state index >= 15 is 0 Å². The van der Waals surface area contributed by atoms with Crippen LogP contribution in [-0.2, 0) is 4.79 Å². The molecule has 3 rings (SSSR count). The zero-order valence-corrected chi connectivity index (χ0v) is 12.0. The van der Waals surface area contributed by atoms with Gasteiger partial charge in [-0.1, -0.05) is 29.2 Å². The first-order chi connectivity index (χ1) is 9.72. The van der Waals surface area contributed by atoms with Gasteiger partial charge in [-0.15, -0.1) is 10.2 Å². The van der Waals surface area contributed by atoms with E-state index in [4.69, 9.17) is 0 Å². The van der Waals surface area contributed by atoms with Gasteiger partial charge in [-0.2, -0.15) is 0 Å². The first-order valence-corrected chi connectivity index (χ1v) is 7.46. The third-order valence-corrected chi connectivity index (χ3v) is 4.37. The van der Waals surface area contributed by atoms with Crippen LogP contribution in [-0.4, -0.2) is 32.2 Å². The molecular weight excluding hydrogens is 298 g/mol. The molecule has 0 spiro atoms. The summed E-state index contributed by atoms with van der Waals surface area (Å²) in [7, 11) is 0. The van der Waals surface area contributed by atoms with Crippen LogP contribution in [0.15, 0.2) is 27.2 Å². The second kappa shape index (κ2) is 5.55. The number of thioether (sulfide) groups is 1. The van der Waals surface area contributed by atoms with Gasteiger partial charge in [0.2, 0.25) is 5.91 Å². The Morgan fingerprint density at radius 3 is 3.10 bits per heavy atom. The van der Waals surface area contributed by atoms with Crippen molar-refractivity contribution in [3.05, 3.63) is 23.2 Å². The van der Waals surface area contributed by atoms with Crippen molar-refractivity contribution in [2.24, 2.45) is 0 Å². The van der Waals surface area contributed by atoms with Gasteiger partial charge in [0.05, 0.1) is 11.4 Å². The van der Waals surface area contributed by atoms with Gasteiger partial charge in [0.15, 0.2) is 9.86 Å². The monoisotopic (exact) mass is 307 g/mol. The fraction of sp³-hybridized carbons (Fsp3) is 0.182. The fourth-order valence-corrected chi connectivity index (χ4v) is 3.17. The van der Waals surface area contributed by atoms with Gasteiger partial charge in [0.1, 0.15) is 10.5 Å². The number of benzene rings is 1. The Hall–Kier alpha value is -2.00. The predicted octanol–water partition coefficient (Wildman–Crippen LogP) is 2.11. The predicted molar refractivity (Wildman–Crippen MR) is 75.8 cm³/mol. The van der Waals surface area contributed by atoms with Crippen molar-refractivity contribution < 1.29 is 9.42 Å². The minimum absolute atomic E-state index is 0.140. The highest BCUT2D eigenvalue weighted by Gasteiger charge is 2.11. The summed E-state index contributed by atoms with van der Waals surface area (Å²) in [6, 6.07) is 5.30. The number of carbonyl (C=O) groups is 1. The molecule has 0 bridgehead atoms. The smallest absolute Gasteiger partial charge is 0.234 e. The number of amides is 1. The maximum atomic E-state index is 11.9. The Balaban J connectivity index is 1.65. The Bertz CT molecular complexity index is 754. The molecule has 0 aliphatic carbocycles. The summed E-state index contributed by atoms with van der Waals surface area (Å²) in [5.41, 5.74) is 1.73. The van der Waals surface area contributed by atoms with Crippen molar-refractivity contribution >= 4 is 45.7 Å². The number of hydrogen-bond donors (Lipinski definition) is 1. The normalized spacial score (nSPS) is 10.8. The minimum Gasteiger partial charge on any atom is -0.323 e. The number of aromatic nitrogens is 4.